The van der Waals surface area contributed by atoms with Crippen LogP contribution in [0.25, 0.3) is 0 Å². The summed E-state index contributed by atoms with van der Waals surface area (Å²) in [5.41, 5.74) is 7.07. The summed E-state index contributed by atoms with van der Waals surface area (Å²) in [5.74, 6) is 0.866. The Bertz CT molecular complexity index is 571. The van der Waals surface area contributed by atoms with Crippen LogP contribution in [0.1, 0.15) is 50.2 Å². The zero-order chi connectivity index (χ0) is 17.5. The molecule has 0 unspecified atom stereocenters. The normalized spacial score (nSPS) is 15.8. The summed E-state index contributed by atoms with van der Waals surface area (Å²) in [6.45, 7) is 8.32. The van der Waals surface area contributed by atoms with E-state index >= 15 is 0 Å². The summed E-state index contributed by atoms with van der Waals surface area (Å²) in [4.78, 5) is 22.3. The molecule has 7 nitrogen and oxygen atoms in total. The van der Waals surface area contributed by atoms with E-state index in [1.165, 1.54) is 0 Å². The van der Waals surface area contributed by atoms with Gasteiger partial charge in [0.2, 0.25) is 0 Å². The van der Waals surface area contributed by atoms with E-state index in [0.29, 0.717) is 38.1 Å². The van der Waals surface area contributed by atoms with E-state index < -0.39 is 0 Å². The highest BCUT2D eigenvalue weighted by Gasteiger charge is 2.23. The Labute approximate surface area is 170 Å². The van der Waals surface area contributed by atoms with Gasteiger partial charge in [-0.25, -0.2) is 14.8 Å². The van der Waals surface area contributed by atoms with Crippen molar-refractivity contribution in [3.8, 4) is 0 Å². The van der Waals surface area contributed by atoms with Gasteiger partial charge in [0.1, 0.15) is 5.01 Å². The summed E-state index contributed by atoms with van der Waals surface area (Å²) in [5, 5.41) is 6.28. The Kier molecular flexibility index (Phi) is 9.47. The van der Waals surface area contributed by atoms with E-state index in [1.54, 1.807) is 16.2 Å². The first-order valence-corrected chi connectivity index (χ1v) is 9.30. The lowest BCUT2D eigenvalue weighted by molar-refractivity contribution is 0.0963. The Hall–Kier alpha value is -1.10. The van der Waals surface area contributed by atoms with Crippen molar-refractivity contribution in [2.45, 2.75) is 52.1 Å². The van der Waals surface area contributed by atoms with E-state index in [2.05, 4.69) is 34.5 Å². The monoisotopic (exact) mass is 481 g/mol. The van der Waals surface area contributed by atoms with Crippen LogP contribution in [0.3, 0.4) is 0 Å². The van der Waals surface area contributed by atoms with Crippen LogP contribution in [0.5, 0.6) is 0 Å². The van der Waals surface area contributed by atoms with Crippen molar-refractivity contribution < 1.29 is 9.53 Å². The first-order chi connectivity index (χ1) is 11.5. The van der Waals surface area contributed by atoms with Crippen LogP contribution in [0, 0.1) is 0 Å². The van der Waals surface area contributed by atoms with Crippen LogP contribution < -0.4 is 11.1 Å². The van der Waals surface area contributed by atoms with Gasteiger partial charge in [0.15, 0.2) is 5.96 Å². The minimum atomic E-state index is -0.234. The zero-order valence-corrected chi connectivity index (χ0v) is 18.2. The lowest BCUT2D eigenvalue weighted by Crippen LogP contribution is -2.48. The van der Waals surface area contributed by atoms with Crippen LogP contribution in [-0.2, 0) is 11.3 Å². The van der Waals surface area contributed by atoms with Gasteiger partial charge < -0.3 is 20.7 Å². The lowest BCUT2D eigenvalue weighted by Gasteiger charge is -2.31. The third-order valence-electron chi connectivity index (χ3n) is 3.92. The number of carbonyl (C=O) groups is 1. The average molecular weight is 481 g/mol. The Morgan fingerprint density at radius 3 is 2.76 bits per heavy atom. The summed E-state index contributed by atoms with van der Waals surface area (Å²) < 4.78 is 5.02. The molecular weight excluding hydrogens is 453 g/mol. The minimum Gasteiger partial charge on any atom is -0.450 e. The molecule has 1 aromatic heterocycles. The third kappa shape index (κ3) is 6.96. The molecule has 2 heterocycles. The fourth-order valence-corrected chi connectivity index (χ4v) is 3.37. The molecule has 0 spiro atoms. The maximum Gasteiger partial charge on any atom is 0.409 e. The van der Waals surface area contributed by atoms with Crippen molar-refractivity contribution in [2.75, 3.05) is 19.7 Å². The number of hydrogen-bond donors (Lipinski definition) is 2. The number of aliphatic imine (C=N–C) groups is 1. The van der Waals surface area contributed by atoms with E-state index in [4.69, 9.17) is 10.5 Å². The molecule has 1 amide bonds. The predicted molar refractivity (Wildman–Crippen MR) is 112 cm³/mol. The van der Waals surface area contributed by atoms with Crippen molar-refractivity contribution in [1.29, 1.82) is 0 Å². The number of nitrogens with zero attached hydrogens (tertiary/aromatic N) is 3. The van der Waals surface area contributed by atoms with E-state index in [-0.39, 0.29) is 36.1 Å². The minimum absolute atomic E-state index is 0. The highest BCUT2D eigenvalue weighted by atomic mass is 127. The zero-order valence-electron chi connectivity index (χ0n) is 15.0. The van der Waals surface area contributed by atoms with Crippen molar-refractivity contribution in [2.24, 2.45) is 10.7 Å². The molecule has 0 atom stereocenters. The van der Waals surface area contributed by atoms with Gasteiger partial charge in [0, 0.05) is 24.5 Å². The average Bonchev–Trinajstić information content (AvgIpc) is 3.03. The Balaban J connectivity index is 0.00000312. The van der Waals surface area contributed by atoms with E-state index in [0.717, 1.165) is 23.5 Å². The van der Waals surface area contributed by atoms with E-state index in [9.17, 15) is 4.79 Å². The molecule has 142 valence electrons. The van der Waals surface area contributed by atoms with Gasteiger partial charge in [-0.05, 0) is 25.7 Å². The van der Waals surface area contributed by atoms with Crippen molar-refractivity contribution in [1.82, 2.24) is 15.2 Å². The second-order valence-electron chi connectivity index (χ2n) is 6.13. The van der Waals surface area contributed by atoms with Gasteiger partial charge in [-0.15, -0.1) is 35.3 Å². The molecule has 0 radical (unpaired) electrons. The van der Waals surface area contributed by atoms with Gasteiger partial charge in [-0.1, -0.05) is 13.8 Å². The number of nitrogens with two attached hydrogens (primary N) is 1. The number of guanidine groups is 1. The first-order valence-electron chi connectivity index (χ1n) is 8.42. The van der Waals surface area contributed by atoms with Crippen LogP contribution in [0.2, 0.25) is 0 Å². The standard InChI is InChI=1S/C16H27N5O2S.HI/c1-4-23-16(22)21-7-5-12(6-8-21)19-15(17)18-9-14-20-13(10-24-14)11(2)3;/h10-12H,4-9H2,1-3H3,(H3,17,18,19);1H. The fraction of sp³-hybridized carbons (Fsp3) is 0.688. The molecule has 1 aliphatic heterocycles. The van der Waals surface area contributed by atoms with Crippen LogP contribution in [0.15, 0.2) is 10.4 Å². The number of nitrogens with one attached hydrogen (secondary N) is 1. The topological polar surface area (TPSA) is 92.8 Å². The number of rotatable bonds is 5. The molecule has 9 heteroatoms. The molecule has 0 bridgehead atoms. The van der Waals surface area contributed by atoms with Gasteiger partial charge >= 0.3 is 6.09 Å². The second kappa shape index (κ2) is 10.8. The molecule has 0 aromatic carbocycles. The summed E-state index contributed by atoms with van der Waals surface area (Å²) in [7, 11) is 0. The molecule has 1 fully saturated rings. The fourth-order valence-electron chi connectivity index (χ4n) is 2.49. The SMILES string of the molecule is CCOC(=O)N1CCC(NC(N)=NCc2nc(C(C)C)cs2)CC1.I. The molecule has 3 N–H and O–H groups in total. The van der Waals surface area contributed by atoms with Crippen molar-refractivity contribution >= 4 is 47.4 Å². The van der Waals surface area contributed by atoms with Gasteiger partial charge in [-0.2, -0.15) is 0 Å². The predicted octanol–water partition coefficient (Wildman–Crippen LogP) is 2.91. The number of carbonyl (C=O) groups excluding carboxylic acids is 1. The number of hydrogen-bond acceptors (Lipinski definition) is 5. The number of thiazole rings is 1. The van der Waals surface area contributed by atoms with Crippen molar-refractivity contribution in [3.63, 3.8) is 0 Å². The van der Waals surface area contributed by atoms with Crippen LogP contribution in [0.4, 0.5) is 4.79 Å². The molecule has 0 saturated carbocycles. The van der Waals surface area contributed by atoms with Crippen LogP contribution in [-0.4, -0.2) is 47.7 Å². The number of piperidine rings is 1. The highest BCUT2D eigenvalue weighted by molar-refractivity contribution is 14.0. The summed E-state index contributed by atoms with van der Waals surface area (Å²) in [6.07, 6.45) is 1.44. The molecule has 1 aliphatic rings. The molecule has 1 aromatic rings. The highest BCUT2D eigenvalue weighted by Crippen LogP contribution is 2.18. The maximum atomic E-state index is 11.7. The molecule has 25 heavy (non-hydrogen) atoms. The number of likely N-dealkylation sites (tertiary alicyclic amines) is 1. The van der Waals surface area contributed by atoms with Gasteiger partial charge in [0.05, 0.1) is 18.8 Å². The first kappa shape index (κ1) is 21.9. The molecule has 1 saturated heterocycles. The lowest BCUT2D eigenvalue weighted by atomic mass is 10.1. The van der Waals surface area contributed by atoms with Gasteiger partial charge in [-0.3, -0.25) is 0 Å². The summed E-state index contributed by atoms with van der Waals surface area (Å²) >= 11 is 1.61. The Morgan fingerprint density at radius 1 is 1.52 bits per heavy atom. The molecule has 0 aliphatic carbocycles. The summed E-state index contributed by atoms with van der Waals surface area (Å²) in [6, 6.07) is 0.238. The van der Waals surface area contributed by atoms with Gasteiger partial charge in [0.25, 0.3) is 0 Å². The largest absolute Gasteiger partial charge is 0.450 e. The third-order valence-corrected chi connectivity index (χ3v) is 4.77. The molecular formula is C16H28IN5O2S. The quantitative estimate of drug-likeness (QED) is 0.383. The van der Waals surface area contributed by atoms with E-state index in [1.807, 2.05) is 6.92 Å². The molecule has 2 rings (SSSR count). The maximum absolute atomic E-state index is 11.7. The Morgan fingerprint density at radius 2 is 2.20 bits per heavy atom. The number of amides is 1. The number of aromatic nitrogens is 1. The van der Waals surface area contributed by atoms with Crippen LogP contribution >= 0.6 is 35.3 Å². The number of halogens is 1. The number of ether oxygens (including phenoxy) is 1. The smallest absolute Gasteiger partial charge is 0.409 e. The van der Waals surface area contributed by atoms with Crippen molar-refractivity contribution in [3.05, 3.63) is 16.1 Å². The second-order valence-corrected chi connectivity index (χ2v) is 7.07.